The number of phenols is 2. The number of rotatable bonds is 3. The summed E-state index contributed by atoms with van der Waals surface area (Å²) in [7, 11) is 0. The number of carbonyl (C=O) groups is 1. The van der Waals surface area contributed by atoms with Crippen molar-refractivity contribution in [3.8, 4) is 11.5 Å². The third-order valence-corrected chi connectivity index (χ3v) is 6.12. The van der Waals surface area contributed by atoms with Gasteiger partial charge in [0.25, 0.3) is 0 Å². The highest BCUT2D eigenvalue weighted by Crippen LogP contribution is 2.39. The quantitative estimate of drug-likeness (QED) is 0.660. The number of amides is 1. The highest BCUT2D eigenvalue weighted by atomic mass is 35.5. The molecule has 3 N–H and O–H groups in total. The van der Waals surface area contributed by atoms with Crippen molar-refractivity contribution >= 4 is 23.4 Å². The van der Waals surface area contributed by atoms with Crippen LogP contribution in [0, 0.1) is 0 Å². The fraction of sp³-hybridized carbons (Fsp3) is 0.391. The monoisotopic (exact) mass is 443 g/mol. The highest BCUT2D eigenvalue weighted by molar-refractivity contribution is 6.31. The molecule has 1 fully saturated rings. The normalized spacial score (nSPS) is 20.4. The standard InChI is InChI=1S/C23H26ClN3O4/c1-2-31-22(30)27-11-9-23(10-12-27)25-18(16-5-3-4-6-20(16)28)14-19(26-23)17-13-15(24)7-8-21(17)29/h3-8,13,18,25,28-29H,2,9-12,14H2,1H3/t18-/m1/s1. The topological polar surface area (TPSA) is 94.4 Å². The minimum Gasteiger partial charge on any atom is -0.508 e. The van der Waals surface area contributed by atoms with Gasteiger partial charge in [-0.05, 0) is 31.2 Å². The van der Waals surface area contributed by atoms with Crippen molar-refractivity contribution < 1.29 is 19.7 Å². The number of halogens is 1. The van der Waals surface area contributed by atoms with Crippen molar-refractivity contribution in [1.82, 2.24) is 10.2 Å². The number of hydrogen-bond acceptors (Lipinski definition) is 6. The number of aromatic hydroxyl groups is 2. The molecule has 2 aromatic rings. The predicted octanol–water partition coefficient (Wildman–Crippen LogP) is 4.22. The second-order valence-electron chi connectivity index (χ2n) is 7.90. The van der Waals surface area contributed by atoms with E-state index in [9.17, 15) is 15.0 Å². The van der Waals surface area contributed by atoms with Crippen LogP contribution in [0.15, 0.2) is 47.5 Å². The summed E-state index contributed by atoms with van der Waals surface area (Å²) in [6.07, 6.45) is 1.33. The Morgan fingerprint density at radius 3 is 2.68 bits per heavy atom. The second kappa shape index (κ2) is 8.77. The Labute approximate surface area is 186 Å². The fourth-order valence-electron chi connectivity index (χ4n) is 4.31. The summed E-state index contributed by atoms with van der Waals surface area (Å²) in [5, 5.41) is 25.1. The maximum absolute atomic E-state index is 12.1. The zero-order valence-electron chi connectivity index (χ0n) is 17.3. The Bertz CT molecular complexity index is 1000. The molecule has 1 atom stereocenters. The van der Waals surface area contributed by atoms with Crippen LogP contribution in [-0.4, -0.2) is 52.3 Å². The maximum Gasteiger partial charge on any atom is 0.409 e. The smallest absolute Gasteiger partial charge is 0.409 e. The lowest BCUT2D eigenvalue weighted by Gasteiger charge is -2.45. The van der Waals surface area contributed by atoms with Crippen molar-refractivity contribution in [2.24, 2.45) is 4.99 Å². The molecule has 0 radical (unpaired) electrons. The first kappa shape index (κ1) is 21.5. The molecule has 4 rings (SSSR count). The average Bonchev–Trinajstić information content (AvgIpc) is 2.76. The van der Waals surface area contributed by atoms with Gasteiger partial charge in [0.05, 0.1) is 6.61 Å². The van der Waals surface area contributed by atoms with Crippen LogP contribution in [0.5, 0.6) is 11.5 Å². The highest BCUT2D eigenvalue weighted by Gasteiger charge is 2.42. The van der Waals surface area contributed by atoms with Crippen molar-refractivity contribution in [2.75, 3.05) is 19.7 Å². The minimum atomic E-state index is -0.627. The molecule has 7 nitrogen and oxygen atoms in total. The van der Waals surface area contributed by atoms with Crippen LogP contribution in [0.25, 0.3) is 0 Å². The Hall–Kier alpha value is -2.77. The van der Waals surface area contributed by atoms with E-state index in [1.165, 1.54) is 0 Å². The maximum atomic E-state index is 12.1. The van der Waals surface area contributed by atoms with Crippen molar-refractivity contribution in [1.29, 1.82) is 0 Å². The van der Waals surface area contributed by atoms with Crippen LogP contribution in [0.1, 0.15) is 43.4 Å². The summed E-state index contributed by atoms with van der Waals surface area (Å²) in [6, 6.07) is 11.9. The van der Waals surface area contributed by atoms with Crippen LogP contribution >= 0.6 is 11.6 Å². The molecule has 0 aromatic heterocycles. The lowest BCUT2D eigenvalue weighted by molar-refractivity contribution is 0.0778. The summed E-state index contributed by atoms with van der Waals surface area (Å²) in [6.45, 7) is 3.12. The van der Waals surface area contributed by atoms with E-state index >= 15 is 0 Å². The molecular formula is C23H26ClN3O4. The van der Waals surface area contributed by atoms with Gasteiger partial charge in [0.1, 0.15) is 17.2 Å². The minimum absolute atomic E-state index is 0.111. The molecule has 164 valence electrons. The third kappa shape index (κ3) is 4.48. The first-order valence-corrected chi connectivity index (χ1v) is 10.8. The molecule has 31 heavy (non-hydrogen) atoms. The van der Waals surface area contributed by atoms with Gasteiger partial charge in [0, 0.05) is 60.3 Å². The summed E-state index contributed by atoms with van der Waals surface area (Å²) >= 11 is 6.20. The Morgan fingerprint density at radius 2 is 1.97 bits per heavy atom. The van der Waals surface area contributed by atoms with E-state index in [2.05, 4.69) is 5.32 Å². The molecule has 8 heteroatoms. The molecule has 2 aromatic carbocycles. The van der Waals surface area contributed by atoms with Crippen LogP contribution in [-0.2, 0) is 4.74 Å². The third-order valence-electron chi connectivity index (χ3n) is 5.89. The number of benzene rings is 2. The summed E-state index contributed by atoms with van der Waals surface area (Å²) < 4.78 is 5.13. The van der Waals surface area contributed by atoms with Crippen LogP contribution < -0.4 is 5.32 Å². The number of hydrogen-bond donors (Lipinski definition) is 3. The van der Waals surface area contributed by atoms with E-state index in [4.69, 9.17) is 21.3 Å². The molecule has 2 aliphatic rings. The van der Waals surface area contributed by atoms with Gasteiger partial charge in [0.15, 0.2) is 0 Å². The SMILES string of the molecule is CCOC(=O)N1CCC2(CC1)N=C(c1cc(Cl)ccc1O)C[C@H](c1ccccc1O)N2. The lowest BCUT2D eigenvalue weighted by Crippen LogP contribution is -2.56. The molecule has 2 aliphatic heterocycles. The van der Waals surface area contributed by atoms with E-state index in [0.29, 0.717) is 49.5 Å². The zero-order chi connectivity index (χ0) is 22.0. The molecule has 1 amide bonds. The van der Waals surface area contributed by atoms with Crippen LogP contribution in [0.2, 0.25) is 5.02 Å². The predicted molar refractivity (Wildman–Crippen MR) is 119 cm³/mol. The average molecular weight is 444 g/mol. The first-order chi connectivity index (χ1) is 14.9. The number of nitrogens with zero attached hydrogens (tertiary/aromatic N) is 2. The van der Waals surface area contributed by atoms with Crippen molar-refractivity contribution in [3.05, 3.63) is 58.6 Å². The Kier molecular flexibility index (Phi) is 6.07. The number of aliphatic imine (C=N–C) groups is 1. The van der Waals surface area contributed by atoms with E-state index in [-0.39, 0.29) is 23.6 Å². The van der Waals surface area contributed by atoms with Gasteiger partial charge in [-0.2, -0.15) is 0 Å². The molecule has 1 saturated heterocycles. The molecule has 2 heterocycles. The van der Waals surface area contributed by atoms with Gasteiger partial charge < -0.3 is 19.8 Å². The van der Waals surface area contributed by atoms with E-state index in [0.717, 1.165) is 11.3 Å². The van der Waals surface area contributed by atoms with Crippen LogP contribution in [0.4, 0.5) is 4.79 Å². The second-order valence-corrected chi connectivity index (χ2v) is 8.33. The molecule has 0 bridgehead atoms. The van der Waals surface area contributed by atoms with Crippen LogP contribution in [0.3, 0.4) is 0 Å². The largest absolute Gasteiger partial charge is 0.508 e. The summed E-state index contributed by atoms with van der Waals surface area (Å²) in [5.74, 6) is 0.316. The fourth-order valence-corrected chi connectivity index (χ4v) is 4.49. The van der Waals surface area contributed by atoms with Gasteiger partial charge >= 0.3 is 6.09 Å². The molecule has 0 unspecified atom stereocenters. The van der Waals surface area contributed by atoms with Gasteiger partial charge in [-0.3, -0.25) is 10.3 Å². The number of para-hydroxylation sites is 1. The molecular weight excluding hydrogens is 418 g/mol. The Morgan fingerprint density at radius 1 is 1.23 bits per heavy atom. The number of nitrogens with one attached hydrogen (secondary N) is 1. The Balaban J connectivity index is 1.69. The lowest BCUT2D eigenvalue weighted by atomic mass is 9.87. The van der Waals surface area contributed by atoms with Gasteiger partial charge in [0.2, 0.25) is 0 Å². The van der Waals surface area contributed by atoms with Gasteiger partial charge in [-0.15, -0.1) is 0 Å². The summed E-state index contributed by atoms with van der Waals surface area (Å²) in [5.41, 5.74) is 1.44. The van der Waals surface area contributed by atoms with E-state index < -0.39 is 5.66 Å². The molecule has 1 spiro atoms. The van der Waals surface area contributed by atoms with E-state index in [1.54, 1.807) is 42.2 Å². The molecule has 0 saturated carbocycles. The van der Waals surface area contributed by atoms with Crippen molar-refractivity contribution in [3.63, 3.8) is 0 Å². The number of ether oxygens (including phenoxy) is 1. The van der Waals surface area contributed by atoms with E-state index in [1.807, 2.05) is 12.1 Å². The van der Waals surface area contributed by atoms with Gasteiger partial charge in [-0.1, -0.05) is 29.8 Å². The van der Waals surface area contributed by atoms with Crippen molar-refractivity contribution in [2.45, 2.75) is 37.9 Å². The van der Waals surface area contributed by atoms with Gasteiger partial charge in [-0.25, -0.2) is 4.79 Å². The first-order valence-electron chi connectivity index (χ1n) is 10.5. The summed E-state index contributed by atoms with van der Waals surface area (Å²) in [4.78, 5) is 18.8. The number of piperidine rings is 1. The number of likely N-dealkylation sites (tertiary alicyclic amines) is 1. The number of phenolic OH excluding ortho intramolecular Hbond substituents is 2. The zero-order valence-corrected chi connectivity index (χ0v) is 18.1. The number of carbonyl (C=O) groups excluding carboxylic acids is 1. The molecule has 0 aliphatic carbocycles.